The van der Waals surface area contributed by atoms with Crippen LogP contribution in [0.2, 0.25) is 5.02 Å². The zero-order valence-electron chi connectivity index (χ0n) is 19.5. The third-order valence-corrected chi connectivity index (χ3v) is 6.36. The summed E-state index contributed by atoms with van der Waals surface area (Å²) in [6, 6.07) is 5.29. The van der Waals surface area contributed by atoms with Crippen molar-refractivity contribution in [2.45, 2.75) is 18.9 Å². The van der Waals surface area contributed by atoms with Crippen LogP contribution in [0.1, 0.15) is 23.2 Å². The van der Waals surface area contributed by atoms with E-state index in [9.17, 15) is 9.59 Å². The molecule has 1 aromatic carbocycles. The van der Waals surface area contributed by atoms with Gasteiger partial charge >= 0.3 is 0 Å². The molecular formula is C23H27ClN6O4. The number of carbonyl (C=O) groups excluding carboxylic acids is 1. The predicted molar refractivity (Wildman–Crippen MR) is 131 cm³/mol. The van der Waals surface area contributed by atoms with E-state index in [0.717, 1.165) is 25.9 Å². The zero-order chi connectivity index (χ0) is 24.4. The van der Waals surface area contributed by atoms with Gasteiger partial charge in [0.2, 0.25) is 11.7 Å². The number of pyridine rings is 1. The molecule has 3 aromatic rings. The second-order valence-corrected chi connectivity index (χ2v) is 8.61. The number of aryl methyl sites for hydroxylation is 1. The van der Waals surface area contributed by atoms with E-state index < -0.39 is 0 Å². The Balaban J connectivity index is 1.58. The molecule has 0 unspecified atom stereocenters. The lowest BCUT2D eigenvalue weighted by molar-refractivity contribution is 0.0916. The molecule has 1 aliphatic heterocycles. The highest BCUT2D eigenvalue weighted by Gasteiger charge is 2.20. The minimum absolute atomic E-state index is 0.0128. The zero-order valence-corrected chi connectivity index (χ0v) is 20.3. The summed E-state index contributed by atoms with van der Waals surface area (Å²) in [5.41, 5.74) is 1.54. The molecule has 1 aliphatic rings. The van der Waals surface area contributed by atoms with E-state index in [4.69, 9.17) is 21.1 Å². The molecule has 0 atom stereocenters. The first-order valence-corrected chi connectivity index (χ1v) is 11.2. The number of anilines is 2. The Kier molecular flexibility index (Phi) is 6.90. The minimum Gasteiger partial charge on any atom is -0.495 e. The molecule has 1 amide bonds. The number of nitrogens with zero attached hydrogens (tertiary/aromatic N) is 4. The van der Waals surface area contributed by atoms with Crippen molar-refractivity contribution < 1.29 is 14.3 Å². The van der Waals surface area contributed by atoms with Gasteiger partial charge in [-0.15, -0.1) is 0 Å². The van der Waals surface area contributed by atoms with Gasteiger partial charge in [0.05, 0.1) is 31.6 Å². The lowest BCUT2D eigenvalue weighted by Gasteiger charge is -2.29. The number of halogens is 1. The second kappa shape index (κ2) is 9.86. The Morgan fingerprint density at radius 2 is 1.91 bits per heavy atom. The first-order chi connectivity index (χ1) is 16.3. The normalized spacial score (nSPS) is 14.7. The van der Waals surface area contributed by atoms with Gasteiger partial charge in [-0.05, 0) is 51.2 Å². The molecule has 34 heavy (non-hydrogen) atoms. The number of carbonyl (C=O) groups is 1. The van der Waals surface area contributed by atoms with Gasteiger partial charge in [-0.2, -0.15) is 0 Å². The van der Waals surface area contributed by atoms with Gasteiger partial charge in [0.25, 0.3) is 11.5 Å². The largest absolute Gasteiger partial charge is 0.495 e. The van der Waals surface area contributed by atoms with Gasteiger partial charge in [-0.3, -0.25) is 9.59 Å². The molecule has 11 heteroatoms. The molecule has 0 saturated carbocycles. The van der Waals surface area contributed by atoms with E-state index in [1.54, 1.807) is 25.2 Å². The maximum atomic E-state index is 12.8. The number of likely N-dealkylation sites (tertiary alicyclic amines) is 1. The summed E-state index contributed by atoms with van der Waals surface area (Å²) in [6.07, 6.45) is 3.36. The number of fused-ring (bicyclic) bond motifs is 1. The summed E-state index contributed by atoms with van der Waals surface area (Å²) in [4.78, 5) is 36.1. The molecule has 4 rings (SSSR count). The first kappa shape index (κ1) is 23.8. The van der Waals surface area contributed by atoms with Crippen molar-refractivity contribution in [3.63, 3.8) is 0 Å². The predicted octanol–water partition coefficient (Wildman–Crippen LogP) is 2.57. The molecule has 0 aliphatic carbocycles. The molecule has 180 valence electrons. The smallest absolute Gasteiger partial charge is 0.294 e. The lowest BCUT2D eigenvalue weighted by atomic mass is 10.0. The number of nitrogens with one attached hydrogen (secondary N) is 2. The average Bonchev–Trinajstić information content (AvgIpc) is 2.84. The number of aromatic nitrogens is 3. The number of hydrogen-bond donors (Lipinski definition) is 2. The van der Waals surface area contributed by atoms with Crippen LogP contribution >= 0.6 is 11.6 Å². The fourth-order valence-corrected chi connectivity index (χ4v) is 4.26. The van der Waals surface area contributed by atoms with Crippen LogP contribution in [0.3, 0.4) is 0 Å². The fourth-order valence-electron chi connectivity index (χ4n) is 3.96. The second-order valence-electron chi connectivity index (χ2n) is 8.23. The monoisotopic (exact) mass is 486 g/mol. The SMILES string of the molecule is COc1cc(C(=O)NC2CCN(C)CC2)ccc1Nc1ncc2c(n1)c(Cl)c(OC)c(=O)n2C. The Morgan fingerprint density at radius 3 is 2.59 bits per heavy atom. The summed E-state index contributed by atoms with van der Waals surface area (Å²) < 4.78 is 12.0. The van der Waals surface area contributed by atoms with Gasteiger partial charge in [-0.1, -0.05) is 11.6 Å². The summed E-state index contributed by atoms with van der Waals surface area (Å²) >= 11 is 6.37. The van der Waals surface area contributed by atoms with E-state index in [1.807, 2.05) is 0 Å². The van der Waals surface area contributed by atoms with E-state index in [1.165, 1.54) is 25.0 Å². The van der Waals surface area contributed by atoms with Gasteiger partial charge < -0.3 is 29.6 Å². The van der Waals surface area contributed by atoms with Crippen LogP contribution < -0.4 is 25.7 Å². The summed E-state index contributed by atoms with van der Waals surface area (Å²) in [7, 11) is 6.58. The van der Waals surface area contributed by atoms with Crippen LogP contribution in [-0.4, -0.2) is 65.7 Å². The molecule has 2 aromatic heterocycles. The molecule has 1 fully saturated rings. The average molecular weight is 487 g/mol. The van der Waals surface area contributed by atoms with E-state index in [2.05, 4.69) is 32.5 Å². The van der Waals surface area contributed by atoms with Crippen LogP contribution in [-0.2, 0) is 7.05 Å². The first-order valence-electron chi connectivity index (χ1n) is 10.9. The maximum Gasteiger partial charge on any atom is 0.294 e. The third-order valence-electron chi connectivity index (χ3n) is 6.01. The molecule has 3 heterocycles. The van der Waals surface area contributed by atoms with Crippen molar-refractivity contribution in [3.05, 3.63) is 45.3 Å². The number of rotatable bonds is 6. The maximum absolute atomic E-state index is 12.8. The minimum atomic E-state index is -0.375. The number of piperidine rings is 1. The van der Waals surface area contributed by atoms with Gasteiger partial charge in [0.1, 0.15) is 16.3 Å². The summed E-state index contributed by atoms with van der Waals surface area (Å²) in [5, 5.41) is 6.31. The highest BCUT2D eigenvalue weighted by Crippen LogP contribution is 2.31. The molecule has 0 spiro atoms. The summed E-state index contributed by atoms with van der Waals surface area (Å²) in [5.74, 6) is 0.584. The van der Waals surface area contributed by atoms with Crippen LogP contribution in [0.15, 0.2) is 29.2 Å². The number of amides is 1. The standard InChI is InChI=1S/C23H27ClN6O4/c1-29-9-7-14(8-10-29)26-21(31)13-5-6-15(17(11-13)33-3)27-23-25-12-16-19(28-23)18(24)20(34-4)22(32)30(16)2/h5-6,11-12,14H,7-10H2,1-4H3,(H,26,31)(H,25,27,28). The molecule has 1 saturated heterocycles. The lowest BCUT2D eigenvalue weighted by Crippen LogP contribution is -2.43. The van der Waals surface area contributed by atoms with Crippen LogP contribution in [0, 0.1) is 0 Å². The fraction of sp³-hybridized carbons (Fsp3) is 0.391. The van der Waals surface area contributed by atoms with Gasteiger partial charge in [0, 0.05) is 18.7 Å². The van der Waals surface area contributed by atoms with E-state index >= 15 is 0 Å². The van der Waals surface area contributed by atoms with Gasteiger partial charge in [0.15, 0.2) is 0 Å². The Morgan fingerprint density at radius 1 is 1.18 bits per heavy atom. The van der Waals surface area contributed by atoms with Crippen LogP contribution in [0.4, 0.5) is 11.6 Å². The Bertz CT molecular complexity index is 1290. The van der Waals surface area contributed by atoms with Crippen molar-refractivity contribution in [1.82, 2.24) is 24.8 Å². The molecular weight excluding hydrogens is 460 g/mol. The number of methoxy groups -OCH3 is 2. The van der Waals surface area contributed by atoms with Crippen molar-refractivity contribution in [2.75, 3.05) is 39.7 Å². The van der Waals surface area contributed by atoms with Crippen molar-refractivity contribution in [2.24, 2.45) is 7.05 Å². The topological polar surface area (TPSA) is 111 Å². The van der Waals surface area contributed by atoms with Crippen LogP contribution in [0.25, 0.3) is 11.0 Å². The van der Waals surface area contributed by atoms with E-state index in [-0.39, 0.29) is 34.2 Å². The van der Waals surface area contributed by atoms with E-state index in [0.29, 0.717) is 28.0 Å². The quantitative estimate of drug-likeness (QED) is 0.547. The highest BCUT2D eigenvalue weighted by atomic mass is 35.5. The Labute approximate surface area is 201 Å². The number of hydrogen-bond acceptors (Lipinski definition) is 8. The Hall–Kier alpha value is -3.37. The number of ether oxygens (including phenoxy) is 2. The highest BCUT2D eigenvalue weighted by molar-refractivity contribution is 6.36. The summed E-state index contributed by atoms with van der Waals surface area (Å²) in [6.45, 7) is 1.93. The van der Waals surface area contributed by atoms with Gasteiger partial charge in [-0.25, -0.2) is 9.97 Å². The number of benzene rings is 1. The molecule has 2 N–H and O–H groups in total. The molecule has 0 bridgehead atoms. The van der Waals surface area contributed by atoms with Crippen molar-refractivity contribution >= 4 is 40.2 Å². The van der Waals surface area contributed by atoms with Crippen molar-refractivity contribution in [1.29, 1.82) is 0 Å². The van der Waals surface area contributed by atoms with Crippen molar-refractivity contribution in [3.8, 4) is 11.5 Å². The molecule has 10 nitrogen and oxygen atoms in total. The third kappa shape index (κ3) is 4.64. The molecule has 0 radical (unpaired) electrons. The van der Waals surface area contributed by atoms with Crippen LogP contribution in [0.5, 0.6) is 11.5 Å².